The fourth-order valence-electron chi connectivity index (χ4n) is 5.59. The maximum absolute atomic E-state index is 12.2. The molecule has 0 N–H and O–H groups in total. The Kier molecular flexibility index (Phi) is 43.7. The van der Waals surface area contributed by atoms with Crippen LogP contribution in [0.5, 0.6) is 0 Å². The van der Waals surface area contributed by atoms with Gasteiger partial charge in [0, 0.05) is 52.6 Å². The average Bonchev–Trinajstić information content (AvgIpc) is 1.13. The Bertz CT molecular complexity index is 2180. The van der Waals surface area contributed by atoms with Gasteiger partial charge in [0.25, 0.3) is 0 Å². The highest BCUT2D eigenvalue weighted by Crippen LogP contribution is 2.39. The van der Waals surface area contributed by atoms with E-state index in [1.54, 1.807) is 58.8 Å². The molecular formula is C52H62F18O12S12. The zero-order chi connectivity index (χ0) is 71.7. The molecule has 0 amide bonds. The molecule has 0 spiro atoms. The molecule has 6 fully saturated rings. The first-order chi connectivity index (χ1) is 43.5. The zero-order valence-corrected chi connectivity index (χ0v) is 58.7. The third-order valence-electron chi connectivity index (χ3n) is 10.5. The summed E-state index contributed by atoms with van der Waals surface area (Å²) in [6.07, 6.45) is -25.4. The number of thioether (sulfide) groups is 12. The lowest BCUT2D eigenvalue weighted by Gasteiger charge is -2.21. The highest BCUT2D eigenvalue weighted by Gasteiger charge is 2.43. The van der Waals surface area contributed by atoms with Gasteiger partial charge in [-0.15, -0.1) is 58.8 Å². The Labute approximate surface area is 580 Å². The molecule has 6 saturated heterocycles. The van der Waals surface area contributed by atoms with Gasteiger partial charge in [0.1, 0.15) is 33.4 Å². The Morgan fingerprint density at radius 2 is 0.649 bits per heavy atom. The van der Waals surface area contributed by atoms with Crippen LogP contribution in [0.3, 0.4) is 0 Å². The van der Waals surface area contributed by atoms with Crippen molar-refractivity contribution in [2.75, 3.05) is 106 Å². The van der Waals surface area contributed by atoms with Crippen LogP contribution < -0.4 is 0 Å². The van der Waals surface area contributed by atoms with E-state index >= 15 is 0 Å². The summed E-state index contributed by atoms with van der Waals surface area (Å²) in [6, 6.07) is 0. The summed E-state index contributed by atoms with van der Waals surface area (Å²) < 4.78 is 247. The van der Waals surface area contributed by atoms with Crippen LogP contribution in [0.1, 0.15) is 25.7 Å². The van der Waals surface area contributed by atoms with Crippen molar-refractivity contribution >= 4 is 175 Å². The number of alkyl halides is 18. The second kappa shape index (κ2) is 45.4. The van der Waals surface area contributed by atoms with Crippen molar-refractivity contribution < 1.29 is 136 Å². The number of esters is 4. The summed E-state index contributed by atoms with van der Waals surface area (Å²) in [5.41, 5.74) is -10.1. The van der Waals surface area contributed by atoms with E-state index in [1.165, 1.54) is 58.8 Å². The molecule has 0 bridgehead atoms. The van der Waals surface area contributed by atoms with E-state index in [4.69, 9.17) is 14.2 Å². The van der Waals surface area contributed by atoms with Gasteiger partial charge >= 0.3 is 60.9 Å². The molecule has 6 heterocycles. The van der Waals surface area contributed by atoms with Crippen molar-refractivity contribution in [3.63, 3.8) is 0 Å². The molecule has 0 radical (unpaired) electrons. The van der Waals surface area contributed by atoms with Crippen molar-refractivity contribution in [1.29, 1.82) is 0 Å². The maximum atomic E-state index is 12.2. The van der Waals surface area contributed by atoms with E-state index in [0.29, 0.717) is 47.7 Å². The predicted molar refractivity (Wildman–Crippen MR) is 348 cm³/mol. The lowest BCUT2D eigenvalue weighted by Crippen LogP contribution is -2.28. The normalized spacial score (nSPS) is 22.4. The molecule has 42 heteroatoms. The number of carbonyl (C=O) groups excluding carboxylic acids is 6. The second-order valence-electron chi connectivity index (χ2n) is 18.0. The summed E-state index contributed by atoms with van der Waals surface area (Å²) in [6.45, 7) is 17.3. The summed E-state index contributed by atoms with van der Waals surface area (Å²) in [4.78, 5) is 66.7. The maximum Gasteiger partial charge on any atom is 0.422 e. The van der Waals surface area contributed by atoms with Crippen LogP contribution in [0, 0.1) is 0 Å². The minimum Gasteiger partial charge on any atom is -0.447 e. The van der Waals surface area contributed by atoms with Crippen molar-refractivity contribution in [3.8, 4) is 0 Å². The molecule has 0 aromatic carbocycles. The lowest BCUT2D eigenvalue weighted by molar-refractivity contribution is -0.177. The average molecular weight is 1610 g/mol. The summed E-state index contributed by atoms with van der Waals surface area (Å²) in [5.74, 6) is 5.96. The van der Waals surface area contributed by atoms with E-state index in [2.05, 4.69) is 53.7 Å². The Morgan fingerprint density at radius 3 is 1.07 bits per heavy atom. The first kappa shape index (κ1) is 90.5. The number of carbonyl (C=O) groups is 6. The minimum absolute atomic E-state index is 0.0737. The van der Waals surface area contributed by atoms with Crippen LogP contribution in [0.2, 0.25) is 0 Å². The number of ether oxygens (including phenoxy) is 6. The van der Waals surface area contributed by atoms with Gasteiger partial charge in [-0.3, -0.25) is 9.59 Å². The van der Waals surface area contributed by atoms with E-state index in [0.717, 1.165) is 101 Å². The Morgan fingerprint density at radius 1 is 0.340 bits per heavy atom. The molecule has 540 valence electrons. The third kappa shape index (κ3) is 40.1. The fraction of sp³-hybridized carbons (Fsp3) is 0.654. The predicted octanol–water partition coefficient (Wildman–Crippen LogP) is 16.3. The van der Waals surface area contributed by atoms with Crippen LogP contribution in [0.25, 0.3) is 0 Å². The van der Waals surface area contributed by atoms with Gasteiger partial charge in [-0.1, -0.05) is 63.0 Å². The van der Waals surface area contributed by atoms with Crippen LogP contribution in [-0.4, -0.2) is 209 Å². The first-order valence-electron chi connectivity index (χ1n) is 26.4. The molecule has 0 aromatic heterocycles. The Hall–Kier alpha value is -1.48. The number of rotatable bonds is 12. The van der Waals surface area contributed by atoms with Gasteiger partial charge in [0.2, 0.25) is 16.5 Å². The minimum atomic E-state index is -4.76. The van der Waals surface area contributed by atoms with Gasteiger partial charge in [-0.25, -0.2) is 19.2 Å². The molecule has 12 nitrogen and oxygen atoms in total. The van der Waals surface area contributed by atoms with Crippen LogP contribution in [0.15, 0.2) is 72.9 Å². The van der Waals surface area contributed by atoms with E-state index in [1.807, 2.05) is 0 Å². The van der Waals surface area contributed by atoms with Crippen molar-refractivity contribution in [1.82, 2.24) is 0 Å². The van der Waals surface area contributed by atoms with Crippen LogP contribution >= 0.6 is 141 Å². The molecule has 6 aliphatic rings. The molecule has 94 heavy (non-hydrogen) atoms. The van der Waals surface area contributed by atoms with Crippen molar-refractivity contribution in [3.05, 3.63) is 72.9 Å². The van der Waals surface area contributed by atoms with E-state index in [9.17, 15) is 108 Å². The van der Waals surface area contributed by atoms with Gasteiger partial charge in [-0.2, -0.15) is 138 Å². The molecule has 6 rings (SSSR count). The third-order valence-corrected chi connectivity index (χ3v) is 26.3. The highest BCUT2D eigenvalue weighted by atomic mass is 32.2. The molecule has 6 unspecified atom stereocenters. The van der Waals surface area contributed by atoms with Gasteiger partial charge in [-0.05, 0) is 60.2 Å². The quantitative estimate of drug-likeness (QED) is 0.0785. The highest BCUT2D eigenvalue weighted by molar-refractivity contribution is 8.26. The topological polar surface area (TPSA) is 158 Å². The summed E-state index contributed by atoms with van der Waals surface area (Å²) in [5, 5.41) is -1.91. The van der Waals surface area contributed by atoms with Crippen LogP contribution in [-0.2, 0) is 57.2 Å². The monoisotopic (exact) mass is 1600 g/mol. The molecule has 6 aliphatic heterocycles. The van der Waals surface area contributed by atoms with E-state index < -0.39 is 127 Å². The summed E-state index contributed by atoms with van der Waals surface area (Å²) >= 11 is 16.5. The second-order valence-corrected chi connectivity index (χ2v) is 33.1. The SMILES string of the molecule is C=C(C(=O)OC1COCCCS1)C(F)(F)F.C=C(C(=O)OC1CSCCCO1)C(F)(F)F.C=C(C(=O)OC1CSCCCS1)C(F)(F)F.C=C(C(=O)OC1CSCCS1)C(F)(F)F.C=C(C(=O)SC1CSCCCS1)C(F)(F)F.C=C(C(=O)SC1CSCCS1)C(F)(F)F. The van der Waals surface area contributed by atoms with Crippen LogP contribution in [0.4, 0.5) is 79.0 Å². The number of hydrogen-bond donors (Lipinski definition) is 0. The van der Waals surface area contributed by atoms with Crippen molar-refractivity contribution in [2.24, 2.45) is 0 Å². The molecule has 0 aromatic rings. The molecule has 0 saturated carbocycles. The largest absolute Gasteiger partial charge is 0.447 e. The summed E-state index contributed by atoms with van der Waals surface area (Å²) in [7, 11) is 0. The number of hydrogen-bond acceptors (Lipinski definition) is 24. The van der Waals surface area contributed by atoms with Crippen molar-refractivity contribution in [2.45, 2.75) is 94.5 Å². The van der Waals surface area contributed by atoms with Gasteiger partial charge < -0.3 is 28.4 Å². The standard InChI is InChI=1S/2C9H11F3O3S.C9H11F3O2S2.C9H11F3OS3.C8H9F3O2S2.C8H9F3OS3/c1-6(9(10,11)12)8(13)15-7-5-16-4-2-3-14-7;1-6(9(10,11)12)8(13)15-7-5-14-3-2-4-16-7;1-6(9(10,11)12)8(13)14-7-5-15-3-2-4-16-7;1-6(9(10,11)12)8(13)16-7-5-14-3-2-4-15-7;1-5(8(9,10)11)7(12)13-6-4-14-2-3-15-6;1-5(8(9,10)11)7(12)15-6-4-13-2-3-14-6/h4*7H,1-5H2;2*6H,1-4H2. The van der Waals surface area contributed by atoms with Gasteiger partial charge in [0.15, 0.2) is 16.3 Å². The van der Waals surface area contributed by atoms with Gasteiger partial charge in [0.05, 0.1) is 28.1 Å². The smallest absolute Gasteiger partial charge is 0.422 e. The molecule has 0 aliphatic carbocycles. The zero-order valence-electron chi connectivity index (χ0n) is 48.9. The Balaban J connectivity index is 0.000000564. The fourth-order valence-corrected chi connectivity index (χ4v) is 20.1. The lowest BCUT2D eigenvalue weighted by atomic mass is 10.3. The molecule has 6 atom stereocenters. The van der Waals surface area contributed by atoms with E-state index in [-0.39, 0.29) is 15.8 Å². The number of halogens is 18. The first-order valence-corrected chi connectivity index (χ1v) is 39.2. The molecular weight excluding hydrogens is 1540 g/mol.